The van der Waals surface area contributed by atoms with E-state index in [9.17, 15) is 4.39 Å². The van der Waals surface area contributed by atoms with Gasteiger partial charge in [0.1, 0.15) is 5.82 Å². The van der Waals surface area contributed by atoms with Gasteiger partial charge in [-0.1, -0.05) is 18.2 Å². The van der Waals surface area contributed by atoms with Gasteiger partial charge >= 0.3 is 0 Å². The summed E-state index contributed by atoms with van der Waals surface area (Å²) in [6, 6.07) is 9.93. The van der Waals surface area contributed by atoms with Crippen molar-refractivity contribution >= 4 is 22.5 Å². The predicted molar refractivity (Wildman–Crippen MR) is 120 cm³/mol. The summed E-state index contributed by atoms with van der Waals surface area (Å²) >= 11 is 0. The van der Waals surface area contributed by atoms with Gasteiger partial charge in [0.05, 0.1) is 12.4 Å². The molecule has 8 nitrogen and oxygen atoms in total. The third-order valence-corrected chi connectivity index (χ3v) is 6.05. The maximum Gasteiger partial charge on any atom is 0.228 e. The number of nitrogens with one attached hydrogen (secondary N) is 2. The zero-order valence-corrected chi connectivity index (χ0v) is 17.2. The molecule has 0 saturated carbocycles. The van der Waals surface area contributed by atoms with Crippen LogP contribution < -0.4 is 11.1 Å². The highest BCUT2D eigenvalue weighted by Crippen LogP contribution is 2.30. The van der Waals surface area contributed by atoms with Crippen molar-refractivity contribution in [1.82, 2.24) is 29.5 Å². The first kappa shape index (κ1) is 18.9. The van der Waals surface area contributed by atoms with Crippen LogP contribution in [0, 0.1) is 5.82 Å². The Morgan fingerprint density at radius 2 is 2.09 bits per heavy atom. The van der Waals surface area contributed by atoms with Crippen molar-refractivity contribution in [2.75, 3.05) is 5.32 Å². The minimum absolute atomic E-state index is 0.170. The molecule has 5 aromatic rings. The maximum absolute atomic E-state index is 13.8. The molecule has 9 heteroatoms. The highest BCUT2D eigenvalue weighted by molar-refractivity contribution is 5.85. The summed E-state index contributed by atoms with van der Waals surface area (Å²) in [5.74, 6) is 0.500. The standard InChI is InChI=1S/C23H21FN8/c24-15-7-13(10-26-12-15)21-30-22-14(9-25)11-27-32(22)23(31-21)28-16-5-6-20-18(8-16)17-3-1-2-4-19(17)29-20/h1-4,7,10-12,16,29H,5-6,8-9,25H2,(H,28,30,31)/t16-/m1/s1. The summed E-state index contributed by atoms with van der Waals surface area (Å²) in [5, 5.41) is 9.27. The van der Waals surface area contributed by atoms with Gasteiger partial charge in [-0.3, -0.25) is 4.98 Å². The Morgan fingerprint density at radius 1 is 1.19 bits per heavy atom. The van der Waals surface area contributed by atoms with Gasteiger partial charge < -0.3 is 16.0 Å². The normalized spacial score (nSPS) is 15.9. The average molecular weight is 428 g/mol. The molecule has 0 spiro atoms. The smallest absolute Gasteiger partial charge is 0.228 e. The van der Waals surface area contributed by atoms with Gasteiger partial charge in [0.2, 0.25) is 5.95 Å². The molecule has 0 bridgehead atoms. The maximum atomic E-state index is 13.8. The highest BCUT2D eigenvalue weighted by Gasteiger charge is 2.24. The number of para-hydroxylation sites is 1. The van der Waals surface area contributed by atoms with Gasteiger partial charge in [-0.05, 0) is 37.0 Å². The van der Waals surface area contributed by atoms with Crippen LogP contribution in [0.15, 0.2) is 48.9 Å². The van der Waals surface area contributed by atoms with Gasteiger partial charge in [-0.15, -0.1) is 0 Å². The van der Waals surface area contributed by atoms with Crippen molar-refractivity contribution in [2.24, 2.45) is 5.73 Å². The number of rotatable bonds is 4. The molecule has 160 valence electrons. The Morgan fingerprint density at radius 3 is 2.97 bits per heavy atom. The van der Waals surface area contributed by atoms with Crippen molar-refractivity contribution in [1.29, 1.82) is 0 Å². The average Bonchev–Trinajstić information content (AvgIpc) is 3.40. The van der Waals surface area contributed by atoms with Crippen LogP contribution >= 0.6 is 0 Å². The van der Waals surface area contributed by atoms with E-state index in [4.69, 9.17) is 5.73 Å². The molecule has 4 heterocycles. The molecule has 32 heavy (non-hydrogen) atoms. The first-order valence-corrected chi connectivity index (χ1v) is 10.6. The number of anilines is 1. The molecule has 0 amide bonds. The number of hydrogen-bond acceptors (Lipinski definition) is 6. The summed E-state index contributed by atoms with van der Waals surface area (Å²) < 4.78 is 15.5. The molecule has 4 N–H and O–H groups in total. The van der Waals surface area contributed by atoms with Crippen molar-refractivity contribution < 1.29 is 4.39 Å². The largest absolute Gasteiger partial charge is 0.358 e. The number of fused-ring (bicyclic) bond motifs is 4. The summed E-state index contributed by atoms with van der Waals surface area (Å²) in [6.07, 6.45) is 7.17. The first-order chi connectivity index (χ1) is 15.7. The molecule has 4 aromatic heterocycles. The van der Waals surface area contributed by atoms with E-state index in [1.807, 2.05) is 6.07 Å². The van der Waals surface area contributed by atoms with Crippen molar-refractivity contribution in [2.45, 2.75) is 31.8 Å². The highest BCUT2D eigenvalue weighted by atomic mass is 19.1. The van der Waals surface area contributed by atoms with Crippen LogP contribution in [0.25, 0.3) is 27.9 Å². The van der Waals surface area contributed by atoms with Crippen molar-refractivity contribution in [3.63, 3.8) is 0 Å². The fourth-order valence-corrected chi connectivity index (χ4v) is 4.50. The number of hydrogen-bond donors (Lipinski definition) is 3. The van der Waals surface area contributed by atoms with Gasteiger partial charge in [0, 0.05) is 46.5 Å². The van der Waals surface area contributed by atoms with Crippen LogP contribution in [0.5, 0.6) is 0 Å². The SMILES string of the molecule is NCc1cnn2c(N[C@@H]3CCc4[nH]c5ccccc5c4C3)nc(-c3cncc(F)c3)nc12. The Hall–Kier alpha value is -3.85. The van der Waals surface area contributed by atoms with Gasteiger partial charge in [0.25, 0.3) is 0 Å². The zero-order chi connectivity index (χ0) is 21.7. The number of nitrogens with two attached hydrogens (primary N) is 1. The Labute approximate surface area is 182 Å². The second-order valence-corrected chi connectivity index (χ2v) is 8.08. The fraction of sp³-hybridized carbons (Fsp3) is 0.217. The monoisotopic (exact) mass is 428 g/mol. The summed E-state index contributed by atoms with van der Waals surface area (Å²) in [4.78, 5) is 16.8. The van der Waals surface area contributed by atoms with Crippen LogP contribution in [0.2, 0.25) is 0 Å². The fourth-order valence-electron chi connectivity index (χ4n) is 4.50. The lowest BCUT2D eigenvalue weighted by Crippen LogP contribution is -2.29. The number of aromatic nitrogens is 6. The van der Waals surface area contributed by atoms with Crippen LogP contribution in [-0.4, -0.2) is 35.6 Å². The Kier molecular flexibility index (Phi) is 4.36. The molecule has 0 radical (unpaired) electrons. The van der Waals surface area contributed by atoms with E-state index in [1.54, 1.807) is 16.9 Å². The molecular formula is C23H21FN8. The molecule has 0 aliphatic heterocycles. The molecule has 0 fully saturated rings. The molecule has 1 aromatic carbocycles. The first-order valence-electron chi connectivity index (χ1n) is 10.6. The third kappa shape index (κ3) is 3.09. The number of benzene rings is 1. The van der Waals surface area contributed by atoms with E-state index in [0.29, 0.717) is 29.5 Å². The number of H-pyrrole nitrogens is 1. The quantitative estimate of drug-likeness (QED) is 0.405. The van der Waals surface area contributed by atoms with E-state index >= 15 is 0 Å². The molecule has 0 unspecified atom stereocenters. The molecule has 1 aliphatic rings. The lowest BCUT2D eigenvalue weighted by molar-refractivity contribution is 0.599. The predicted octanol–water partition coefficient (Wildman–Crippen LogP) is 3.23. The summed E-state index contributed by atoms with van der Waals surface area (Å²) in [5.41, 5.74) is 11.6. The van der Waals surface area contributed by atoms with E-state index in [2.05, 4.69) is 48.6 Å². The topological polar surface area (TPSA) is 110 Å². The Balaban J connectivity index is 1.40. The van der Waals surface area contributed by atoms with E-state index in [1.165, 1.54) is 28.2 Å². The zero-order valence-electron chi connectivity index (χ0n) is 17.2. The van der Waals surface area contributed by atoms with Gasteiger partial charge in [-0.25, -0.2) is 9.37 Å². The van der Waals surface area contributed by atoms with E-state index < -0.39 is 5.82 Å². The third-order valence-electron chi connectivity index (χ3n) is 6.05. The van der Waals surface area contributed by atoms with Crippen LogP contribution in [0.1, 0.15) is 23.2 Å². The lowest BCUT2D eigenvalue weighted by Gasteiger charge is -2.24. The minimum Gasteiger partial charge on any atom is -0.358 e. The molecule has 1 aliphatic carbocycles. The second kappa shape index (κ2) is 7.38. The number of nitrogens with zero attached hydrogens (tertiary/aromatic N) is 5. The van der Waals surface area contributed by atoms with Crippen LogP contribution in [0.3, 0.4) is 0 Å². The van der Waals surface area contributed by atoms with Crippen LogP contribution in [0.4, 0.5) is 10.3 Å². The minimum atomic E-state index is -0.438. The van der Waals surface area contributed by atoms with Gasteiger partial charge in [-0.2, -0.15) is 14.6 Å². The summed E-state index contributed by atoms with van der Waals surface area (Å²) in [6.45, 7) is 0.295. The number of halogens is 1. The number of aromatic amines is 1. The number of aryl methyl sites for hydroxylation is 1. The van der Waals surface area contributed by atoms with Crippen molar-refractivity contribution in [3.8, 4) is 11.4 Å². The number of pyridine rings is 1. The molecule has 0 saturated heterocycles. The Bertz CT molecular complexity index is 1450. The second-order valence-electron chi connectivity index (χ2n) is 8.08. The summed E-state index contributed by atoms with van der Waals surface area (Å²) in [7, 11) is 0. The molecule has 1 atom stereocenters. The molecular weight excluding hydrogens is 407 g/mol. The van der Waals surface area contributed by atoms with E-state index in [-0.39, 0.29) is 6.04 Å². The van der Waals surface area contributed by atoms with Crippen molar-refractivity contribution in [3.05, 3.63) is 71.6 Å². The lowest BCUT2D eigenvalue weighted by atomic mass is 9.91. The van der Waals surface area contributed by atoms with Gasteiger partial charge in [0.15, 0.2) is 11.5 Å². The molecule has 6 rings (SSSR count). The van der Waals surface area contributed by atoms with Crippen LogP contribution in [-0.2, 0) is 19.4 Å². The van der Waals surface area contributed by atoms with E-state index in [0.717, 1.165) is 31.0 Å².